The predicted molar refractivity (Wildman–Crippen MR) is 519 cm³/mol. The second kappa shape index (κ2) is 41.5. The van der Waals surface area contributed by atoms with Crippen LogP contribution >= 0.6 is 0 Å². The van der Waals surface area contributed by atoms with E-state index < -0.39 is 6.10 Å². The number of rotatable bonds is 31. The topological polar surface area (TPSA) is 517 Å². The largest absolute Gasteiger partial charge is 0.396 e. The standard InChI is InChI=1S/2C25H33N7O4.C23H27N7O4.C22H27N7O4/c1-26-22-13-21(28-19-8-5-11-31(25(19)34)15-6-4-7-16(12-15)35-2)30-23-17(14-27-32(22)23)24(33)29-18-9-10-20(18)36-3;1-26-21-12-20(29-19-7-4-10-31(24(19)35)16-5-3-6-17(11-16)36-2)30-22-18(13-28-32(21)22)23(34)27-14-25(15-33)8-9-25;1-24-19-8-18(26-16-4-3-7-29(23(16)32)20-13-10-34-11-14(13)20)28-21-12(9-25-30(19)21)22(31)27-15-5-6-17(15)33-2;1-23-19-10-18(25-14-4-3-9-28(22(14)32)15-6-7-16(15)30)27-20-12(11-24-29(19)20)21(31)26-13-5-8-17(13)33-2/h5,8,11,13-16,18,20,26H,4,6-7,9-10,12H2,1-3H3,(H,28,30)(H,29,33);4,7,10,12-13,16-17,26,33H,3,5-6,8-9,11,14-15H2,1-2H3,(H,27,34)(H,29,30);3-4,7-9,13-15,17,20,24H,5-6,10-11H2,1-2H3,(H,26,28)(H,27,31);3-4,9-11,13,15-17,23,30H,5-8H2,1-2H3,(H,25,27)(H,26,31)/t15-,16+,18-,20-;16-,17-;13-,14+,15-,17-,20?;13-,15+,16+,17-/m1000/s1. The van der Waals surface area contributed by atoms with Gasteiger partial charge < -0.3 is 121 Å². The van der Waals surface area contributed by atoms with Crippen LogP contribution < -0.4 is 86.0 Å². The van der Waals surface area contributed by atoms with Crippen LogP contribution in [0.4, 0.5) is 69.3 Å². The highest BCUT2D eigenvalue weighted by Crippen LogP contribution is 2.54. The third-order valence-corrected chi connectivity index (χ3v) is 28.7. The molecule has 0 radical (unpaired) electrons. The summed E-state index contributed by atoms with van der Waals surface area (Å²) in [6, 6.07) is 21.2. The minimum absolute atomic E-state index is 0.0169. The summed E-state index contributed by atoms with van der Waals surface area (Å²) in [4.78, 5) is 123. The number of nitrogens with zero attached hydrogens (tertiary/aromatic N) is 16. The smallest absolute Gasteiger partial charge is 0.274 e. The maximum absolute atomic E-state index is 13.4. The van der Waals surface area contributed by atoms with Gasteiger partial charge in [-0.2, -0.15) is 38.5 Å². The van der Waals surface area contributed by atoms with Crippen molar-refractivity contribution in [1.82, 2.24) is 97.9 Å². The van der Waals surface area contributed by atoms with Crippen LogP contribution in [0.5, 0.6) is 0 Å². The number of nitrogens with one attached hydrogen (secondary N) is 12. The second-order valence-electron chi connectivity index (χ2n) is 36.9. The van der Waals surface area contributed by atoms with Crippen LogP contribution in [0.3, 0.4) is 0 Å². The van der Waals surface area contributed by atoms with E-state index in [9.17, 15) is 48.6 Å². The lowest BCUT2D eigenvalue weighted by Gasteiger charge is -2.35. The number of aromatic nitrogens is 16. The first kappa shape index (κ1) is 95.5. The fraction of sp³-hybridized carbons (Fsp3) is 0.495. The molecule has 0 bridgehead atoms. The Kier molecular flexibility index (Phi) is 28.5. The molecule has 4 amide bonds. The molecule has 44 nitrogen and oxygen atoms in total. The molecule has 1 unspecified atom stereocenters. The SMILES string of the molecule is CNc1cc(Nc2cccn(C3[C@H]4COC[C@@H]34)c2=O)nc2c(C(=O)N[C@H]3CC[C@@H]3OC)cnn12.CNc1cc(Nc2cccn([C@@H]3CCC[C@H](OC)C3)c2=O)nc2c(C(=O)N[C@@H]3CC[C@H]3OC)cnn12.CNc1cc(Nc2cccn([C@@H]3CC[C@H]3O)c2=O)nc2c(C(=O)N[C@H]3CC[C@@H]3OC)cnn12.CNc1cc(Nc2cccn([C@H]3CCC[C@H](OC)C3)c2=O)nc2c(C(=O)NCC3(CO)CC3)cnn12. The van der Waals surface area contributed by atoms with Gasteiger partial charge in [0.25, 0.3) is 45.9 Å². The molecule has 1 aliphatic heterocycles. The zero-order chi connectivity index (χ0) is 97.0. The predicted octanol–water partition coefficient (Wildman–Crippen LogP) is 7.70. The molecule has 13 heterocycles. The maximum Gasteiger partial charge on any atom is 0.274 e. The van der Waals surface area contributed by atoms with E-state index in [1.165, 1.54) is 24.8 Å². The summed E-state index contributed by atoms with van der Waals surface area (Å²) in [5.74, 6) is 3.93. The van der Waals surface area contributed by atoms with Crippen LogP contribution in [-0.4, -0.2) is 255 Å². The van der Waals surface area contributed by atoms with E-state index >= 15 is 0 Å². The van der Waals surface area contributed by atoms with Gasteiger partial charge in [-0.3, -0.25) is 38.4 Å². The second-order valence-corrected chi connectivity index (χ2v) is 36.9. The molecule has 12 aromatic rings. The van der Waals surface area contributed by atoms with Crippen LogP contribution in [0.15, 0.2) is 142 Å². The monoisotopic (exact) mass is 1910 g/mol. The zero-order valence-corrected chi connectivity index (χ0v) is 79.0. The van der Waals surface area contributed by atoms with Crippen molar-refractivity contribution < 1.29 is 57.8 Å². The minimum atomic E-state index is -0.510. The lowest BCUT2D eigenvalue weighted by atomic mass is 9.89. The lowest BCUT2D eigenvalue weighted by molar-refractivity contribution is 0.00731. The molecule has 9 aliphatic rings. The Hall–Kier alpha value is -13.8. The number of fused-ring (bicyclic) bond motifs is 5. The highest BCUT2D eigenvalue weighted by atomic mass is 16.5. The summed E-state index contributed by atoms with van der Waals surface area (Å²) in [5, 5.41) is 73.6. The first-order valence-electron chi connectivity index (χ1n) is 47.5. The highest BCUT2D eigenvalue weighted by Gasteiger charge is 2.56. The average molecular weight is 1910 g/mol. The molecule has 0 spiro atoms. The van der Waals surface area contributed by atoms with E-state index in [1.54, 1.807) is 161 Å². The summed E-state index contributed by atoms with van der Waals surface area (Å²) in [7, 11) is 15.4. The molecule has 736 valence electrons. The molecule has 9 fully saturated rings. The fourth-order valence-corrected chi connectivity index (χ4v) is 19.5. The Morgan fingerprint density at radius 3 is 1.06 bits per heavy atom. The molecule has 1 saturated heterocycles. The van der Waals surface area contributed by atoms with Gasteiger partial charge in [-0.05, 0) is 164 Å². The summed E-state index contributed by atoms with van der Waals surface area (Å²) in [5.41, 5.74) is 3.67. The summed E-state index contributed by atoms with van der Waals surface area (Å²) in [6.45, 7) is 1.88. The number of hydrogen-bond donors (Lipinski definition) is 14. The quantitative estimate of drug-likeness (QED) is 0.0198. The van der Waals surface area contributed by atoms with Crippen molar-refractivity contribution in [3.63, 3.8) is 0 Å². The molecule has 0 aromatic carbocycles. The van der Waals surface area contributed by atoms with E-state index in [4.69, 9.17) is 28.4 Å². The van der Waals surface area contributed by atoms with Gasteiger partial charge in [-0.15, -0.1) is 0 Å². The summed E-state index contributed by atoms with van der Waals surface area (Å²) >= 11 is 0. The number of aliphatic hydroxyl groups is 2. The number of ether oxygens (including phenoxy) is 6. The Bertz CT molecular complexity index is 6760. The Morgan fingerprint density at radius 1 is 0.424 bits per heavy atom. The van der Waals surface area contributed by atoms with Gasteiger partial charge in [0, 0.05) is 155 Å². The van der Waals surface area contributed by atoms with Gasteiger partial charge in [0.2, 0.25) is 0 Å². The van der Waals surface area contributed by atoms with E-state index in [2.05, 4.69) is 104 Å². The molecule has 44 heteroatoms. The lowest BCUT2D eigenvalue weighted by Crippen LogP contribution is -2.51. The maximum atomic E-state index is 13.4. The number of hydrogen-bond acceptors (Lipinski definition) is 32. The first-order chi connectivity index (χ1) is 67.6. The number of amides is 4. The molecular formula is C95H120N28O16. The molecule has 139 heavy (non-hydrogen) atoms. The number of carbonyl (C=O) groups is 4. The average Bonchev–Trinajstić information content (AvgIpc) is 1.61. The van der Waals surface area contributed by atoms with Crippen molar-refractivity contribution in [2.45, 2.75) is 194 Å². The number of methoxy groups -OCH3 is 5. The molecular weight excluding hydrogens is 1790 g/mol. The molecule has 14 N–H and O–H groups in total. The van der Waals surface area contributed by atoms with Gasteiger partial charge in [-0.25, -0.2) is 19.9 Å². The van der Waals surface area contributed by atoms with E-state index in [0.29, 0.717) is 152 Å². The minimum Gasteiger partial charge on any atom is -0.396 e. The molecule has 12 aromatic heterocycles. The Labute approximate surface area is 797 Å². The highest BCUT2D eigenvalue weighted by molar-refractivity contribution is 6.02. The van der Waals surface area contributed by atoms with Crippen molar-refractivity contribution in [1.29, 1.82) is 0 Å². The van der Waals surface area contributed by atoms with Gasteiger partial charge in [0.1, 0.15) is 91.5 Å². The van der Waals surface area contributed by atoms with Gasteiger partial charge in [-0.1, -0.05) is 0 Å². The van der Waals surface area contributed by atoms with Crippen molar-refractivity contribution in [3.05, 3.63) is 186 Å². The fourth-order valence-electron chi connectivity index (χ4n) is 19.5. The van der Waals surface area contributed by atoms with Crippen LogP contribution in [-0.2, 0) is 28.4 Å². The summed E-state index contributed by atoms with van der Waals surface area (Å²) in [6.07, 6.45) is 29.2. The number of anilines is 12. The van der Waals surface area contributed by atoms with E-state index in [1.807, 2.05) is 36.8 Å². The van der Waals surface area contributed by atoms with Crippen molar-refractivity contribution in [3.8, 4) is 0 Å². The normalized spacial score (nSPS) is 23.9. The van der Waals surface area contributed by atoms with Gasteiger partial charge in [0.05, 0.1) is 105 Å². The van der Waals surface area contributed by atoms with Crippen LogP contribution in [0.1, 0.15) is 181 Å². The number of carbonyl (C=O) groups excluding carboxylic acids is 4. The molecule has 8 aliphatic carbocycles. The zero-order valence-electron chi connectivity index (χ0n) is 79.0. The Balaban J connectivity index is 0.000000123. The van der Waals surface area contributed by atoms with Crippen LogP contribution in [0, 0.1) is 17.3 Å². The third kappa shape index (κ3) is 19.8. The number of aliphatic hydroxyl groups excluding tert-OH is 2. The van der Waals surface area contributed by atoms with Crippen molar-refractivity contribution >= 4 is 116 Å². The first-order valence-corrected chi connectivity index (χ1v) is 47.5. The van der Waals surface area contributed by atoms with Crippen LogP contribution in [0.25, 0.3) is 22.6 Å². The van der Waals surface area contributed by atoms with Crippen LogP contribution in [0.2, 0.25) is 0 Å². The van der Waals surface area contributed by atoms with Crippen molar-refractivity contribution in [2.24, 2.45) is 17.3 Å². The van der Waals surface area contributed by atoms with Gasteiger partial charge in [0.15, 0.2) is 22.6 Å². The van der Waals surface area contributed by atoms with Gasteiger partial charge >= 0.3 is 0 Å². The van der Waals surface area contributed by atoms with Crippen molar-refractivity contribution in [2.75, 3.05) is 133 Å². The molecule has 21 rings (SSSR count). The third-order valence-electron chi connectivity index (χ3n) is 28.7. The van der Waals surface area contributed by atoms with E-state index in [-0.39, 0.29) is 131 Å². The van der Waals surface area contributed by atoms with E-state index in [0.717, 1.165) is 109 Å². The number of pyridine rings is 4. The molecule has 15 atom stereocenters. The molecule has 8 saturated carbocycles. The Morgan fingerprint density at radius 2 is 0.763 bits per heavy atom. The summed E-state index contributed by atoms with van der Waals surface area (Å²) < 4.78 is 45.8.